The molecule has 158 valence electrons. The lowest BCUT2D eigenvalue weighted by Crippen LogP contribution is -2.41. The minimum absolute atomic E-state index is 0.0636. The van der Waals surface area contributed by atoms with E-state index in [1.54, 1.807) is 31.4 Å². The highest BCUT2D eigenvalue weighted by Gasteiger charge is 2.36. The lowest BCUT2D eigenvalue weighted by Gasteiger charge is -2.29. The highest BCUT2D eigenvalue weighted by Crippen LogP contribution is 2.40. The van der Waals surface area contributed by atoms with Crippen LogP contribution in [-0.2, 0) is 29.1 Å². The zero-order valence-corrected chi connectivity index (χ0v) is 18.2. The molecule has 0 N–H and O–H groups in total. The number of fused-ring (bicyclic) bond motifs is 3. The first-order valence-corrected chi connectivity index (χ1v) is 10.7. The topological polar surface area (TPSA) is 77.1 Å². The minimum atomic E-state index is -0.114. The second kappa shape index (κ2) is 8.16. The van der Waals surface area contributed by atoms with Crippen molar-refractivity contribution in [2.24, 2.45) is 0 Å². The van der Waals surface area contributed by atoms with Gasteiger partial charge in [0, 0.05) is 44.5 Å². The second-order valence-corrected chi connectivity index (χ2v) is 8.97. The summed E-state index contributed by atoms with van der Waals surface area (Å²) >= 11 is 1.45. The molecule has 2 aromatic rings. The van der Waals surface area contributed by atoms with Gasteiger partial charge in [-0.2, -0.15) is 0 Å². The summed E-state index contributed by atoms with van der Waals surface area (Å²) in [5.41, 5.74) is 2.73. The van der Waals surface area contributed by atoms with Crippen molar-refractivity contribution in [3.05, 3.63) is 46.1 Å². The number of hydrogen-bond donors (Lipinski definition) is 0. The Hall–Kier alpha value is -2.78. The van der Waals surface area contributed by atoms with Gasteiger partial charge in [-0.05, 0) is 36.7 Å². The van der Waals surface area contributed by atoms with Crippen LogP contribution in [0, 0.1) is 0 Å². The second-order valence-electron chi connectivity index (χ2n) is 7.89. The zero-order valence-electron chi connectivity index (χ0n) is 17.4. The van der Waals surface area contributed by atoms with E-state index in [1.807, 2.05) is 29.0 Å². The zero-order chi connectivity index (χ0) is 21.4. The third-order valence-electron chi connectivity index (χ3n) is 5.61. The first kappa shape index (κ1) is 20.5. The highest BCUT2D eigenvalue weighted by molar-refractivity contribution is 7.17. The molecule has 2 aliphatic heterocycles. The lowest BCUT2D eigenvalue weighted by molar-refractivity contribution is -0.133. The summed E-state index contributed by atoms with van der Waals surface area (Å²) in [7, 11) is 5.30. The maximum atomic E-state index is 12.9. The van der Waals surface area contributed by atoms with E-state index in [2.05, 4.69) is 4.98 Å². The molecule has 0 bridgehead atoms. The molecule has 0 fully saturated rings. The third kappa shape index (κ3) is 3.82. The van der Waals surface area contributed by atoms with Crippen LogP contribution >= 0.6 is 11.3 Å². The molecule has 0 atom stereocenters. The molecule has 0 spiro atoms. The number of amides is 3. The first-order valence-electron chi connectivity index (χ1n) is 9.87. The average Bonchev–Trinajstić information content (AvgIpc) is 3.08. The summed E-state index contributed by atoms with van der Waals surface area (Å²) in [5.74, 6) is -0.153. The predicted molar refractivity (Wildman–Crippen MR) is 114 cm³/mol. The Kier molecular flexibility index (Phi) is 5.57. The van der Waals surface area contributed by atoms with Gasteiger partial charge < -0.3 is 14.7 Å². The van der Waals surface area contributed by atoms with E-state index in [4.69, 9.17) is 0 Å². The Bertz CT molecular complexity index is 990. The Morgan fingerprint density at radius 1 is 1.20 bits per heavy atom. The largest absolute Gasteiger partial charge is 0.336 e. The quantitative estimate of drug-likeness (QED) is 0.733. The minimum Gasteiger partial charge on any atom is -0.336 e. The van der Waals surface area contributed by atoms with Gasteiger partial charge in [0.1, 0.15) is 11.5 Å². The summed E-state index contributed by atoms with van der Waals surface area (Å²) in [6.45, 7) is 2.14. The van der Waals surface area contributed by atoms with Crippen molar-refractivity contribution in [3.8, 4) is 0 Å². The van der Waals surface area contributed by atoms with Crippen LogP contribution in [0.25, 0.3) is 0 Å². The van der Waals surface area contributed by atoms with E-state index in [-0.39, 0.29) is 24.3 Å². The molecule has 2 aromatic heterocycles. The summed E-state index contributed by atoms with van der Waals surface area (Å²) in [5, 5.41) is 0.698. The van der Waals surface area contributed by atoms with Gasteiger partial charge >= 0.3 is 0 Å². The fraction of sp³-hybridized carbons (Fsp3) is 0.429. The van der Waals surface area contributed by atoms with E-state index < -0.39 is 0 Å². The van der Waals surface area contributed by atoms with Gasteiger partial charge in [0.05, 0.1) is 18.7 Å². The van der Waals surface area contributed by atoms with Gasteiger partial charge in [-0.1, -0.05) is 0 Å². The van der Waals surface area contributed by atoms with Crippen molar-refractivity contribution in [2.75, 3.05) is 45.7 Å². The van der Waals surface area contributed by atoms with Crippen molar-refractivity contribution in [2.45, 2.75) is 19.5 Å². The molecule has 8 nitrogen and oxygen atoms in total. The van der Waals surface area contributed by atoms with Crippen molar-refractivity contribution >= 4 is 34.1 Å². The first-order chi connectivity index (χ1) is 14.3. The van der Waals surface area contributed by atoms with Crippen LogP contribution < -0.4 is 4.90 Å². The van der Waals surface area contributed by atoms with E-state index in [0.29, 0.717) is 43.2 Å². The molecular formula is C21H25N5O3S. The molecule has 0 aliphatic carbocycles. The SMILES string of the molecule is CN(CC(=O)N1CCc2c(sc3c2C(=O)N(C)CC(=O)N3C)C1)Cc1ccncc1. The van der Waals surface area contributed by atoms with Gasteiger partial charge in [-0.25, -0.2) is 0 Å². The summed E-state index contributed by atoms with van der Waals surface area (Å²) < 4.78 is 0. The molecule has 0 saturated heterocycles. The van der Waals surface area contributed by atoms with Crippen LogP contribution in [0.2, 0.25) is 0 Å². The monoisotopic (exact) mass is 427 g/mol. The van der Waals surface area contributed by atoms with Gasteiger partial charge in [0.25, 0.3) is 5.91 Å². The van der Waals surface area contributed by atoms with Crippen molar-refractivity contribution < 1.29 is 14.4 Å². The normalized spacial score (nSPS) is 16.6. The van der Waals surface area contributed by atoms with Crippen molar-refractivity contribution in [1.29, 1.82) is 0 Å². The van der Waals surface area contributed by atoms with Crippen LogP contribution in [-0.4, -0.2) is 78.2 Å². The Balaban J connectivity index is 1.48. The van der Waals surface area contributed by atoms with E-state index in [0.717, 1.165) is 16.0 Å². The number of rotatable bonds is 4. The Morgan fingerprint density at radius 3 is 2.67 bits per heavy atom. The number of hydrogen-bond acceptors (Lipinski definition) is 6. The number of carbonyl (C=O) groups excluding carboxylic acids is 3. The molecule has 9 heteroatoms. The number of anilines is 1. The van der Waals surface area contributed by atoms with E-state index in [1.165, 1.54) is 16.2 Å². The lowest BCUT2D eigenvalue weighted by atomic mass is 10.0. The fourth-order valence-corrected chi connectivity index (χ4v) is 5.26. The number of nitrogens with zero attached hydrogens (tertiary/aromatic N) is 5. The number of carbonyl (C=O) groups is 3. The van der Waals surface area contributed by atoms with Gasteiger partial charge in [-0.15, -0.1) is 11.3 Å². The van der Waals surface area contributed by atoms with Crippen LogP contribution in [0.3, 0.4) is 0 Å². The van der Waals surface area contributed by atoms with E-state index in [9.17, 15) is 14.4 Å². The number of likely N-dealkylation sites (N-methyl/N-ethyl adjacent to an activating group) is 3. The predicted octanol–water partition coefficient (Wildman–Crippen LogP) is 1.21. The average molecular weight is 428 g/mol. The van der Waals surface area contributed by atoms with Gasteiger partial charge in [0.2, 0.25) is 11.8 Å². The standard InChI is InChI=1S/C21H25N5O3S/c1-23(10-14-4-7-22-8-5-14)12-18(28)26-9-6-15-16(11-26)30-21-19(15)20(29)24(2)13-17(27)25(21)3/h4-5,7-8H,6,9-13H2,1-3H3. The molecule has 0 aromatic carbocycles. The fourth-order valence-electron chi connectivity index (χ4n) is 3.93. The smallest absolute Gasteiger partial charge is 0.257 e. The Labute approximate surface area is 179 Å². The van der Waals surface area contributed by atoms with Crippen LogP contribution in [0.1, 0.15) is 26.4 Å². The number of pyridine rings is 1. The van der Waals surface area contributed by atoms with E-state index >= 15 is 0 Å². The summed E-state index contributed by atoms with van der Waals surface area (Å²) in [6, 6.07) is 3.89. The molecule has 2 aliphatic rings. The molecule has 4 heterocycles. The number of aromatic nitrogens is 1. The molecule has 3 amide bonds. The van der Waals surface area contributed by atoms with Gasteiger partial charge in [0.15, 0.2) is 0 Å². The Morgan fingerprint density at radius 2 is 1.93 bits per heavy atom. The highest BCUT2D eigenvalue weighted by atomic mass is 32.1. The summed E-state index contributed by atoms with van der Waals surface area (Å²) in [6.07, 6.45) is 4.12. The molecule has 0 radical (unpaired) electrons. The van der Waals surface area contributed by atoms with Crippen LogP contribution in [0.4, 0.5) is 5.00 Å². The maximum absolute atomic E-state index is 12.9. The van der Waals surface area contributed by atoms with Crippen molar-refractivity contribution in [3.63, 3.8) is 0 Å². The van der Waals surface area contributed by atoms with Crippen LogP contribution in [0.15, 0.2) is 24.5 Å². The third-order valence-corrected chi connectivity index (χ3v) is 6.90. The van der Waals surface area contributed by atoms with Crippen molar-refractivity contribution in [1.82, 2.24) is 19.7 Å². The summed E-state index contributed by atoms with van der Waals surface area (Å²) in [4.78, 5) is 50.0. The van der Waals surface area contributed by atoms with Crippen LogP contribution in [0.5, 0.6) is 0 Å². The molecule has 0 saturated carbocycles. The molecule has 4 rings (SSSR count). The molecule has 0 unspecified atom stereocenters. The molecule has 30 heavy (non-hydrogen) atoms. The van der Waals surface area contributed by atoms with Gasteiger partial charge in [-0.3, -0.25) is 24.3 Å². The number of thiophene rings is 1. The molecular weight excluding hydrogens is 402 g/mol. The maximum Gasteiger partial charge on any atom is 0.257 e.